The zero-order valence-corrected chi connectivity index (χ0v) is 15.4. The Labute approximate surface area is 160 Å². The SMILES string of the molecule is CC(C)NC(=O)c1cc2ccc(OC(=O)COc3ccccc3)cc2oc1=O. The predicted octanol–water partition coefficient (Wildman–Crippen LogP) is 2.92. The van der Waals surface area contributed by atoms with Crippen LogP contribution in [0.4, 0.5) is 0 Å². The van der Waals surface area contributed by atoms with E-state index in [0.717, 1.165) is 0 Å². The molecule has 0 saturated heterocycles. The molecule has 28 heavy (non-hydrogen) atoms. The molecule has 7 nitrogen and oxygen atoms in total. The van der Waals surface area contributed by atoms with Crippen molar-refractivity contribution in [3.63, 3.8) is 0 Å². The lowest BCUT2D eigenvalue weighted by Gasteiger charge is -2.09. The fourth-order valence-electron chi connectivity index (χ4n) is 2.47. The topological polar surface area (TPSA) is 94.8 Å². The van der Waals surface area contributed by atoms with Gasteiger partial charge in [0, 0.05) is 17.5 Å². The quantitative estimate of drug-likeness (QED) is 0.401. The first-order chi connectivity index (χ1) is 13.4. The van der Waals surface area contributed by atoms with Gasteiger partial charge in [0.05, 0.1) is 0 Å². The van der Waals surface area contributed by atoms with Crippen LogP contribution in [-0.4, -0.2) is 24.5 Å². The van der Waals surface area contributed by atoms with E-state index >= 15 is 0 Å². The van der Waals surface area contributed by atoms with Crippen molar-refractivity contribution in [2.75, 3.05) is 6.61 Å². The van der Waals surface area contributed by atoms with Crippen molar-refractivity contribution in [3.05, 3.63) is 70.6 Å². The van der Waals surface area contributed by atoms with Crippen molar-refractivity contribution < 1.29 is 23.5 Å². The molecule has 0 atom stereocenters. The lowest BCUT2D eigenvalue weighted by atomic mass is 10.1. The van der Waals surface area contributed by atoms with Crippen LogP contribution in [0.2, 0.25) is 0 Å². The monoisotopic (exact) mass is 381 g/mol. The number of hydrogen-bond acceptors (Lipinski definition) is 6. The summed E-state index contributed by atoms with van der Waals surface area (Å²) in [6.07, 6.45) is 0. The Bertz CT molecular complexity index is 1060. The van der Waals surface area contributed by atoms with Gasteiger partial charge in [-0.2, -0.15) is 0 Å². The molecule has 7 heteroatoms. The van der Waals surface area contributed by atoms with Crippen LogP contribution in [0.1, 0.15) is 24.2 Å². The van der Waals surface area contributed by atoms with Crippen molar-refractivity contribution in [2.24, 2.45) is 0 Å². The highest BCUT2D eigenvalue weighted by atomic mass is 16.6. The van der Waals surface area contributed by atoms with Gasteiger partial charge in [0.2, 0.25) is 0 Å². The summed E-state index contributed by atoms with van der Waals surface area (Å²) in [4.78, 5) is 36.1. The molecule has 1 aromatic heterocycles. The van der Waals surface area contributed by atoms with Crippen LogP contribution in [0.25, 0.3) is 11.0 Å². The van der Waals surface area contributed by atoms with Crippen LogP contribution in [0.5, 0.6) is 11.5 Å². The number of carbonyl (C=O) groups excluding carboxylic acids is 2. The van der Waals surface area contributed by atoms with Crippen LogP contribution >= 0.6 is 0 Å². The molecule has 0 saturated carbocycles. The van der Waals surface area contributed by atoms with E-state index in [1.165, 1.54) is 12.1 Å². The first-order valence-corrected chi connectivity index (χ1v) is 8.69. The van der Waals surface area contributed by atoms with Crippen molar-refractivity contribution in [2.45, 2.75) is 19.9 Å². The number of esters is 1. The van der Waals surface area contributed by atoms with Crippen molar-refractivity contribution in [1.29, 1.82) is 0 Å². The van der Waals surface area contributed by atoms with Crippen molar-refractivity contribution in [3.8, 4) is 11.5 Å². The average Bonchev–Trinajstić information content (AvgIpc) is 2.66. The molecule has 0 fully saturated rings. The second-order valence-corrected chi connectivity index (χ2v) is 6.35. The molecule has 144 valence electrons. The molecule has 0 aliphatic carbocycles. The van der Waals surface area contributed by atoms with Gasteiger partial charge in [0.1, 0.15) is 22.6 Å². The second-order valence-electron chi connectivity index (χ2n) is 6.35. The van der Waals surface area contributed by atoms with Gasteiger partial charge in [-0.3, -0.25) is 4.79 Å². The van der Waals surface area contributed by atoms with E-state index in [2.05, 4.69) is 5.32 Å². The Balaban J connectivity index is 1.72. The molecule has 3 rings (SSSR count). The van der Waals surface area contributed by atoms with Crippen LogP contribution in [-0.2, 0) is 4.79 Å². The second kappa shape index (κ2) is 8.39. The number of nitrogens with one attached hydrogen (secondary N) is 1. The van der Waals surface area contributed by atoms with Gasteiger partial charge in [-0.05, 0) is 44.2 Å². The Hall–Kier alpha value is -3.61. The maximum absolute atomic E-state index is 12.1. The van der Waals surface area contributed by atoms with E-state index in [1.54, 1.807) is 50.2 Å². The number of carbonyl (C=O) groups is 2. The van der Waals surface area contributed by atoms with Crippen LogP contribution < -0.4 is 20.4 Å². The van der Waals surface area contributed by atoms with E-state index in [4.69, 9.17) is 13.9 Å². The minimum atomic E-state index is -0.762. The van der Waals surface area contributed by atoms with Gasteiger partial charge in [0.25, 0.3) is 5.91 Å². The van der Waals surface area contributed by atoms with Crippen molar-refractivity contribution >= 4 is 22.8 Å². The number of para-hydroxylation sites is 1. The molecular weight excluding hydrogens is 362 g/mol. The van der Waals surface area contributed by atoms with Crippen molar-refractivity contribution in [1.82, 2.24) is 5.32 Å². The molecular formula is C21H19NO6. The fourth-order valence-corrected chi connectivity index (χ4v) is 2.47. The summed E-state index contributed by atoms with van der Waals surface area (Å²) in [5.74, 6) is -0.342. The highest BCUT2D eigenvalue weighted by molar-refractivity contribution is 5.96. The highest BCUT2D eigenvalue weighted by Gasteiger charge is 2.15. The van der Waals surface area contributed by atoms with Gasteiger partial charge in [-0.25, -0.2) is 9.59 Å². The number of hydrogen-bond donors (Lipinski definition) is 1. The smallest absolute Gasteiger partial charge is 0.349 e. The molecule has 0 spiro atoms. The summed E-state index contributed by atoms with van der Waals surface area (Å²) >= 11 is 0. The summed E-state index contributed by atoms with van der Waals surface area (Å²) < 4.78 is 15.7. The summed E-state index contributed by atoms with van der Waals surface area (Å²) in [5.41, 5.74) is -0.635. The Morgan fingerprint density at radius 1 is 1.04 bits per heavy atom. The van der Waals surface area contributed by atoms with Gasteiger partial charge in [-0.1, -0.05) is 18.2 Å². The number of rotatable bonds is 6. The maximum atomic E-state index is 12.1. The minimum absolute atomic E-state index is 0.0813. The highest BCUT2D eigenvalue weighted by Crippen LogP contribution is 2.21. The summed E-state index contributed by atoms with van der Waals surface area (Å²) in [6, 6.07) is 14.8. The average molecular weight is 381 g/mol. The Morgan fingerprint density at radius 2 is 1.79 bits per heavy atom. The Kier molecular flexibility index (Phi) is 5.74. The number of ether oxygens (including phenoxy) is 2. The number of amides is 1. The molecule has 1 amide bonds. The van der Waals surface area contributed by atoms with E-state index in [-0.39, 0.29) is 29.5 Å². The van der Waals surface area contributed by atoms with Crippen LogP contribution in [0.15, 0.2) is 63.8 Å². The largest absolute Gasteiger partial charge is 0.482 e. The van der Waals surface area contributed by atoms with Gasteiger partial charge < -0.3 is 19.2 Å². The van der Waals surface area contributed by atoms with Crippen LogP contribution in [0, 0.1) is 0 Å². The zero-order chi connectivity index (χ0) is 20.1. The normalized spacial score (nSPS) is 10.7. The summed E-state index contributed by atoms with van der Waals surface area (Å²) in [5, 5.41) is 3.18. The van der Waals surface area contributed by atoms with Crippen LogP contribution in [0.3, 0.4) is 0 Å². The molecule has 0 bridgehead atoms. The first kappa shape index (κ1) is 19.2. The van der Waals surface area contributed by atoms with E-state index in [1.807, 2.05) is 6.07 Å². The molecule has 0 unspecified atom stereocenters. The molecule has 3 aromatic rings. The lowest BCUT2D eigenvalue weighted by molar-refractivity contribution is -0.136. The molecule has 1 heterocycles. The molecule has 2 aromatic carbocycles. The molecule has 0 radical (unpaired) electrons. The lowest BCUT2D eigenvalue weighted by Crippen LogP contribution is -2.33. The number of fused-ring (bicyclic) bond motifs is 1. The van der Waals surface area contributed by atoms with E-state index < -0.39 is 17.5 Å². The summed E-state index contributed by atoms with van der Waals surface area (Å²) in [7, 11) is 0. The van der Waals surface area contributed by atoms with Gasteiger partial charge >= 0.3 is 11.6 Å². The van der Waals surface area contributed by atoms with Gasteiger partial charge in [-0.15, -0.1) is 0 Å². The predicted molar refractivity (Wildman–Crippen MR) is 103 cm³/mol. The first-order valence-electron chi connectivity index (χ1n) is 8.69. The Morgan fingerprint density at radius 3 is 2.50 bits per heavy atom. The molecule has 1 N–H and O–H groups in total. The summed E-state index contributed by atoms with van der Waals surface area (Å²) in [6.45, 7) is 3.33. The van der Waals surface area contributed by atoms with E-state index in [0.29, 0.717) is 11.1 Å². The third-order valence-corrected chi connectivity index (χ3v) is 3.70. The molecule has 0 aliphatic rings. The standard InChI is InChI=1S/C21H19NO6/c1-13(2)22-20(24)17-10-14-8-9-16(11-18(14)28-21(17)25)27-19(23)12-26-15-6-4-3-5-7-15/h3-11,13H,12H2,1-2H3,(H,22,24). The molecule has 0 aliphatic heterocycles. The maximum Gasteiger partial charge on any atom is 0.349 e. The van der Waals surface area contributed by atoms with Gasteiger partial charge in [0.15, 0.2) is 6.61 Å². The third-order valence-electron chi connectivity index (χ3n) is 3.70. The third kappa shape index (κ3) is 4.76. The fraction of sp³-hybridized carbons (Fsp3) is 0.190. The van der Waals surface area contributed by atoms with E-state index in [9.17, 15) is 14.4 Å². The number of benzene rings is 2. The minimum Gasteiger partial charge on any atom is -0.482 e. The zero-order valence-electron chi connectivity index (χ0n) is 15.4.